The molecule has 34 heavy (non-hydrogen) atoms. The SMILES string of the molecule is Cc1ccc(C2NNC3OC(N)=C(C#N)C(c4ccc(OC(=O)N5CCOCC5)cc4)C32)cc1. The number of hydrogen-bond donors (Lipinski definition) is 3. The normalized spacial score (nSPS) is 26.4. The number of rotatable bonds is 3. The third kappa shape index (κ3) is 4.19. The summed E-state index contributed by atoms with van der Waals surface area (Å²) in [5.74, 6) is 0.139. The highest BCUT2D eigenvalue weighted by atomic mass is 16.6. The van der Waals surface area contributed by atoms with E-state index in [9.17, 15) is 10.1 Å². The Labute approximate surface area is 198 Å². The fourth-order valence-corrected chi connectivity index (χ4v) is 4.81. The first kappa shape index (κ1) is 22.2. The van der Waals surface area contributed by atoms with E-state index in [2.05, 4.69) is 41.2 Å². The van der Waals surface area contributed by atoms with Crippen LogP contribution < -0.4 is 21.3 Å². The van der Waals surface area contributed by atoms with Crippen molar-refractivity contribution < 1.29 is 19.0 Å². The molecule has 4 unspecified atom stereocenters. The van der Waals surface area contributed by atoms with Crippen LogP contribution in [0.4, 0.5) is 4.79 Å². The van der Waals surface area contributed by atoms with Gasteiger partial charge in [0.25, 0.3) is 0 Å². The first-order valence-electron chi connectivity index (χ1n) is 11.3. The van der Waals surface area contributed by atoms with Gasteiger partial charge in [0.15, 0.2) is 6.23 Å². The summed E-state index contributed by atoms with van der Waals surface area (Å²) in [6.45, 7) is 4.09. The molecule has 176 valence electrons. The summed E-state index contributed by atoms with van der Waals surface area (Å²) >= 11 is 0. The molecule has 9 nitrogen and oxygen atoms in total. The van der Waals surface area contributed by atoms with Gasteiger partial charge in [0.05, 0.1) is 24.8 Å². The van der Waals surface area contributed by atoms with Gasteiger partial charge in [-0.15, -0.1) is 0 Å². The van der Waals surface area contributed by atoms with Gasteiger partial charge < -0.3 is 24.8 Å². The number of nitrogens with one attached hydrogen (secondary N) is 2. The van der Waals surface area contributed by atoms with E-state index in [0.717, 1.165) is 11.1 Å². The van der Waals surface area contributed by atoms with Gasteiger partial charge in [0.2, 0.25) is 5.88 Å². The maximum absolute atomic E-state index is 12.4. The molecule has 2 aromatic carbocycles. The van der Waals surface area contributed by atoms with Gasteiger partial charge in [-0.05, 0) is 30.2 Å². The van der Waals surface area contributed by atoms with Gasteiger partial charge in [-0.25, -0.2) is 15.6 Å². The van der Waals surface area contributed by atoms with Crippen LogP contribution in [0, 0.1) is 24.2 Å². The van der Waals surface area contributed by atoms with E-state index >= 15 is 0 Å². The van der Waals surface area contributed by atoms with Crippen LogP contribution in [-0.2, 0) is 9.47 Å². The summed E-state index contributed by atoms with van der Waals surface area (Å²) in [6, 6.07) is 17.7. The minimum atomic E-state index is -0.396. The molecule has 9 heteroatoms. The maximum Gasteiger partial charge on any atom is 0.415 e. The second-order valence-electron chi connectivity index (χ2n) is 8.70. The number of nitriles is 1. The molecule has 3 aliphatic rings. The van der Waals surface area contributed by atoms with E-state index in [1.165, 1.54) is 5.56 Å². The molecular formula is C25H27N5O4. The Morgan fingerprint density at radius 3 is 2.44 bits per heavy atom. The zero-order valence-corrected chi connectivity index (χ0v) is 18.9. The van der Waals surface area contributed by atoms with Crippen LogP contribution in [0.5, 0.6) is 5.75 Å². The molecule has 3 heterocycles. The Kier molecular flexibility index (Phi) is 6.11. The molecule has 1 amide bonds. The Bertz CT molecular complexity index is 1120. The van der Waals surface area contributed by atoms with Gasteiger partial charge in [-0.3, -0.25) is 0 Å². The number of nitrogens with two attached hydrogens (primary N) is 1. The van der Waals surface area contributed by atoms with Crippen molar-refractivity contribution in [2.24, 2.45) is 11.7 Å². The monoisotopic (exact) mass is 461 g/mol. The molecule has 2 aromatic rings. The number of hydrogen-bond acceptors (Lipinski definition) is 8. The molecule has 0 radical (unpaired) electrons. The number of nitrogens with zero attached hydrogens (tertiary/aromatic N) is 2. The van der Waals surface area contributed by atoms with Crippen LogP contribution in [0.2, 0.25) is 0 Å². The van der Waals surface area contributed by atoms with Crippen molar-refractivity contribution in [3.8, 4) is 11.8 Å². The standard InChI is InChI=1S/C25H27N5O4/c1-15-2-4-17(5-3-15)22-21-20(19(14-26)23(27)34-24(21)29-28-22)16-6-8-18(9-7-16)33-25(31)30-10-12-32-13-11-30/h2-9,20-22,24,28-29H,10-13,27H2,1H3. The van der Waals surface area contributed by atoms with Crippen molar-refractivity contribution >= 4 is 6.09 Å². The largest absolute Gasteiger partial charge is 0.458 e. The van der Waals surface area contributed by atoms with E-state index in [-0.39, 0.29) is 23.8 Å². The number of carbonyl (C=O) groups excluding carboxylic acids is 1. The lowest BCUT2D eigenvalue weighted by molar-refractivity contribution is 0.0340. The van der Waals surface area contributed by atoms with Crippen molar-refractivity contribution in [2.45, 2.75) is 25.1 Å². The summed E-state index contributed by atoms with van der Waals surface area (Å²) < 4.78 is 16.7. The fourth-order valence-electron chi connectivity index (χ4n) is 4.81. The number of aryl methyl sites for hydroxylation is 1. The quantitative estimate of drug-likeness (QED) is 0.637. The van der Waals surface area contributed by atoms with E-state index in [4.69, 9.17) is 19.9 Å². The summed E-state index contributed by atoms with van der Waals surface area (Å²) in [7, 11) is 0. The van der Waals surface area contributed by atoms with E-state index in [1.807, 2.05) is 19.1 Å². The van der Waals surface area contributed by atoms with Crippen LogP contribution in [0.3, 0.4) is 0 Å². The zero-order chi connectivity index (χ0) is 23.7. The Morgan fingerprint density at radius 1 is 1.09 bits per heavy atom. The second kappa shape index (κ2) is 9.35. The van der Waals surface area contributed by atoms with Crippen LogP contribution in [-0.4, -0.2) is 43.5 Å². The summed E-state index contributed by atoms with van der Waals surface area (Å²) in [5, 5.41) is 9.93. The zero-order valence-electron chi connectivity index (χ0n) is 18.9. The predicted molar refractivity (Wildman–Crippen MR) is 123 cm³/mol. The smallest absolute Gasteiger partial charge is 0.415 e. The first-order valence-corrected chi connectivity index (χ1v) is 11.3. The molecule has 5 rings (SSSR count). The molecule has 2 fully saturated rings. The summed E-state index contributed by atoms with van der Waals surface area (Å²) in [6.07, 6.45) is -0.792. The minimum Gasteiger partial charge on any atom is -0.458 e. The Morgan fingerprint density at radius 2 is 1.76 bits per heavy atom. The fraction of sp³-hybridized carbons (Fsp3) is 0.360. The van der Waals surface area contributed by atoms with Crippen LogP contribution >= 0.6 is 0 Å². The lowest BCUT2D eigenvalue weighted by Gasteiger charge is -2.36. The average molecular weight is 462 g/mol. The molecule has 0 bridgehead atoms. The van der Waals surface area contributed by atoms with Crippen molar-refractivity contribution in [2.75, 3.05) is 26.3 Å². The van der Waals surface area contributed by atoms with Crippen LogP contribution in [0.25, 0.3) is 0 Å². The third-order valence-corrected chi connectivity index (χ3v) is 6.60. The number of allylic oxidation sites excluding steroid dienone is 1. The van der Waals surface area contributed by atoms with Crippen molar-refractivity contribution in [1.29, 1.82) is 5.26 Å². The molecule has 2 saturated heterocycles. The molecule has 3 aliphatic heterocycles. The van der Waals surface area contributed by atoms with Gasteiger partial charge in [0, 0.05) is 24.9 Å². The van der Waals surface area contributed by atoms with Gasteiger partial charge in [-0.2, -0.15) is 5.26 Å². The van der Waals surface area contributed by atoms with Crippen molar-refractivity contribution in [3.63, 3.8) is 0 Å². The summed E-state index contributed by atoms with van der Waals surface area (Å²) in [5.41, 5.74) is 16.2. The Hall–Kier alpha value is -3.58. The van der Waals surface area contributed by atoms with Crippen LogP contribution in [0.1, 0.15) is 28.7 Å². The highest BCUT2D eigenvalue weighted by Crippen LogP contribution is 2.47. The minimum absolute atomic E-state index is 0.0918. The van der Waals surface area contributed by atoms with Gasteiger partial charge in [0.1, 0.15) is 11.8 Å². The Balaban J connectivity index is 1.42. The first-order chi connectivity index (χ1) is 16.5. The number of ether oxygens (including phenoxy) is 3. The van der Waals surface area contributed by atoms with E-state index < -0.39 is 12.3 Å². The number of hydrazine groups is 1. The van der Waals surface area contributed by atoms with Gasteiger partial charge in [-0.1, -0.05) is 42.0 Å². The average Bonchev–Trinajstić information content (AvgIpc) is 3.28. The molecule has 4 N–H and O–H groups in total. The number of carbonyl (C=O) groups is 1. The lowest BCUT2D eigenvalue weighted by atomic mass is 9.74. The highest BCUT2D eigenvalue weighted by molar-refractivity contribution is 5.70. The second-order valence-corrected chi connectivity index (χ2v) is 8.70. The highest BCUT2D eigenvalue weighted by Gasteiger charge is 2.49. The topological polar surface area (TPSA) is 122 Å². The number of benzene rings is 2. The number of fused-ring (bicyclic) bond motifs is 1. The molecule has 0 spiro atoms. The van der Waals surface area contributed by atoms with Crippen molar-refractivity contribution in [3.05, 3.63) is 76.7 Å². The van der Waals surface area contributed by atoms with Gasteiger partial charge >= 0.3 is 6.09 Å². The molecule has 0 aromatic heterocycles. The molecule has 0 aliphatic carbocycles. The molecular weight excluding hydrogens is 434 g/mol. The van der Waals surface area contributed by atoms with E-state index in [0.29, 0.717) is 37.6 Å². The third-order valence-electron chi connectivity index (χ3n) is 6.60. The maximum atomic E-state index is 12.4. The number of amides is 1. The lowest BCUT2D eigenvalue weighted by Crippen LogP contribution is -2.42. The van der Waals surface area contributed by atoms with Crippen molar-refractivity contribution in [1.82, 2.24) is 15.8 Å². The summed E-state index contributed by atoms with van der Waals surface area (Å²) in [4.78, 5) is 14.0. The molecule has 0 saturated carbocycles. The predicted octanol–water partition coefficient (Wildman–Crippen LogP) is 2.43. The van der Waals surface area contributed by atoms with E-state index in [1.54, 1.807) is 17.0 Å². The van der Waals surface area contributed by atoms with Crippen LogP contribution in [0.15, 0.2) is 60.0 Å². The number of morpholine rings is 1. The molecule has 4 atom stereocenters.